The lowest BCUT2D eigenvalue weighted by Gasteiger charge is -2.22. The van der Waals surface area contributed by atoms with Gasteiger partial charge in [0, 0.05) is 17.0 Å². The third-order valence-electron chi connectivity index (χ3n) is 4.84. The molecule has 1 heterocycles. The average Bonchev–Trinajstić information content (AvgIpc) is 3.01. The number of nitrogens with one attached hydrogen (secondary N) is 3. The Labute approximate surface area is 182 Å². The Bertz CT molecular complexity index is 1090. The first-order valence-electron chi connectivity index (χ1n) is 9.06. The molecule has 1 aliphatic heterocycles. The zero-order chi connectivity index (χ0) is 22.8. The maximum Gasteiger partial charge on any atom is 0.330 e. The van der Waals surface area contributed by atoms with Gasteiger partial charge < -0.3 is 15.2 Å². The number of nitrogens with two attached hydrogens (primary N) is 1. The fraction of sp³-hybridized carbons (Fsp3) is 0.200. The predicted molar refractivity (Wildman–Crippen MR) is 113 cm³/mol. The monoisotopic (exact) mass is 445 g/mol. The quantitative estimate of drug-likeness (QED) is 0.150. The van der Waals surface area contributed by atoms with E-state index >= 15 is 0 Å². The highest BCUT2D eigenvalue weighted by Crippen LogP contribution is 2.42. The summed E-state index contributed by atoms with van der Waals surface area (Å²) in [7, 11) is 1.50. The van der Waals surface area contributed by atoms with E-state index < -0.39 is 23.3 Å². The van der Waals surface area contributed by atoms with Crippen molar-refractivity contribution in [2.45, 2.75) is 18.9 Å². The van der Waals surface area contributed by atoms with Crippen molar-refractivity contribution in [3.05, 3.63) is 58.1 Å². The fourth-order valence-corrected chi connectivity index (χ4v) is 3.49. The Morgan fingerprint density at radius 1 is 1.26 bits per heavy atom. The molecule has 2 aromatic rings. The molecule has 0 spiro atoms. The van der Waals surface area contributed by atoms with E-state index in [-0.39, 0.29) is 17.7 Å². The van der Waals surface area contributed by atoms with Crippen molar-refractivity contribution >= 4 is 40.7 Å². The lowest BCUT2D eigenvalue weighted by atomic mass is 9.87. The second-order valence-corrected chi connectivity index (χ2v) is 7.27. The average molecular weight is 446 g/mol. The topological polar surface area (TPSA) is 155 Å². The molecule has 10 nitrogen and oxygen atoms in total. The number of anilines is 1. The Hall–Kier alpha value is -3.47. The van der Waals surface area contributed by atoms with Crippen LogP contribution in [0.1, 0.15) is 23.1 Å². The van der Waals surface area contributed by atoms with Gasteiger partial charge in [-0.25, -0.2) is 11.3 Å². The molecule has 162 valence electrons. The van der Waals surface area contributed by atoms with Crippen LogP contribution < -0.4 is 26.7 Å². The van der Waals surface area contributed by atoms with Crippen molar-refractivity contribution in [1.29, 1.82) is 0 Å². The van der Waals surface area contributed by atoms with Crippen molar-refractivity contribution in [3.63, 3.8) is 0 Å². The first-order valence-corrected chi connectivity index (χ1v) is 9.43. The van der Waals surface area contributed by atoms with Crippen molar-refractivity contribution in [2.24, 2.45) is 10.9 Å². The molecule has 11 heteroatoms. The summed E-state index contributed by atoms with van der Waals surface area (Å²) in [5.74, 6) is 2.63. The van der Waals surface area contributed by atoms with Crippen LogP contribution in [0, 0.1) is 6.92 Å². The summed E-state index contributed by atoms with van der Waals surface area (Å²) < 4.78 is 5.13. The number of aryl methyl sites for hydroxylation is 1. The highest BCUT2D eigenvalue weighted by molar-refractivity contribution is 6.35. The smallest absolute Gasteiger partial charge is 0.330 e. The summed E-state index contributed by atoms with van der Waals surface area (Å²) in [5.41, 5.74) is 3.78. The number of hydrogen-bond acceptors (Lipinski definition) is 7. The first-order chi connectivity index (χ1) is 14.7. The molecule has 0 bridgehead atoms. The van der Waals surface area contributed by atoms with Gasteiger partial charge in [-0.05, 0) is 54.4 Å². The number of benzene rings is 2. The van der Waals surface area contributed by atoms with E-state index in [1.165, 1.54) is 13.2 Å². The van der Waals surface area contributed by atoms with Crippen molar-refractivity contribution in [2.75, 3.05) is 12.4 Å². The number of carbonyl (C=O) groups excluding carboxylic acids is 3. The molecule has 0 saturated carbocycles. The number of halogens is 1. The molecule has 0 aliphatic carbocycles. The molecule has 31 heavy (non-hydrogen) atoms. The summed E-state index contributed by atoms with van der Waals surface area (Å²) in [6.07, 6.45) is -0.317. The molecule has 0 aromatic heterocycles. The summed E-state index contributed by atoms with van der Waals surface area (Å²) in [6, 6.07) is 9.71. The number of ether oxygens (including phenoxy) is 1. The SMILES string of the molecule is COc1ccc(/C(CC2(O)C(=O)Nc3c(C)cc(Cl)cc32)=N/NC(=O)C(=O)NN)cc1. The van der Waals surface area contributed by atoms with Crippen LogP contribution in [-0.2, 0) is 20.0 Å². The number of carbonyl (C=O) groups is 3. The van der Waals surface area contributed by atoms with E-state index in [1.54, 1.807) is 42.7 Å². The number of fused-ring (bicyclic) bond motifs is 1. The van der Waals surface area contributed by atoms with Crippen LogP contribution >= 0.6 is 11.6 Å². The summed E-state index contributed by atoms with van der Waals surface area (Å²) >= 11 is 6.14. The highest BCUT2D eigenvalue weighted by atomic mass is 35.5. The van der Waals surface area contributed by atoms with Crippen molar-refractivity contribution in [3.8, 4) is 5.75 Å². The number of amides is 3. The number of nitrogens with zero attached hydrogens (tertiary/aromatic N) is 1. The Balaban J connectivity index is 2.03. The number of hydrazine groups is 1. The molecular formula is C20H20ClN5O5. The molecular weight excluding hydrogens is 426 g/mol. The summed E-state index contributed by atoms with van der Waals surface area (Å²) in [6.45, 7) is 1.75. The van der Waals surface area contributed by atoms with Gasteiger partial charge >= 0.3 is 11.8 Å². The lowest BCUT2D eigenvalue weighted by molar-refractivity contribution is -0.139. The van der Waals surface area contributed by atoms with Crippen LogP contribution in [-0.4, -0.2) is 35.6 Å². The van der Waals surface area contributed by atoms with Crippen LogP contribution in [0.5, 0.6) is 5.75 Å². The number of hydrogen-bond donors (Lipinski definition) is 5. The van der Waals surface area contributed by atoms with Crippen molar-refractivity contribution in [1.82, 2.24) is 10.9 Å². The molecule has 0 radical (unpaired) electrons. The second-order valence-electron chi connectivity index (χ2n) is 6.84. The van der Waals surface area contributed by atoms with E-state index in [0.29, 0.717) is 27.6 Å². The summed E-state index contributed by atoms with van der Waals surface area (Å²) in [4.78, 5) is 35.9. The normalized spacial score (nSPS) is 17.6. The minimum atomic E-state index is -2.01. The van der Waals surface area contributed by atoms with E-state index in [0.717, 1.165) is 0 Å². The predicted octanol–water partition coefficient (Wildman–Crippen LogP) is 0.697. The van der Waals surface area contributed by atoms with Crippen LogP contribution in [0.2, 0.25) is 5.02 Å². The maximum absolute atomic E-state index is 12.7. The minimum absolute atomic E-state index is 0.129. The Morgan fingerprint density at radius 3 is 2.55 bits per heavy atom. The van der Waals surface area contributed by atoms with Crippen LogP contribution in [0.4, 0.5) is 5.69 Å². The number of rotatable bonds is 5. The third kappa shape index (κ3) is 4.36. The zero-order valence-electron chi connectivity index (χ0n) is 16.7. The van der Waals surface area contributed by atoms with Gasteiger partial charge in [-0.1, -0.05) is 11.6 Å². The van der Waals surface area contributed by atoms with Gasteiger partial charge in [0.25, 0.3) is 5.91 Å². The van der Waals surface area contributed by atoms with Gasteiger partial charge in [-0.3, -0.25) is 19.8 Å². The molecule has 6 N–H and O–H groups in total. The molecule has 3 amide bonds. The number of hydrazone groups is 1. The molecule has 1 atom stereocenters. The summed E-state index contributed by atoms with van der Waals surface area (Å²) in [5, 5.41) is 18.3. The Morgan fingerprint density at radius 2 is 1.94 bits per heavy atom. The molecule has 0 fully saturated rings. The molecule has 1 unspecified atom stereocenters. The van der Waals surface area contributed by atoms with E-state index in [2.05, 4.69) is 15.8 Å². The van der Waals surface area contributed by atoms with Crippen molar-refractivity contribution < 1.29 is 24.2 Å². The third-order valence-corrected chi connectivity index (χ3v) is 5.05. The van der Waals surface area contributed by atoms with Gasteiger partial charge in [0.2, 0.25) is 0 Å². The Kier molecular flexibility index (Phi) is 6.25. The number of methoxy groups -OCH3 is 1. The van der Waals surface area contributed by atoms with Crippen LogP contribution in [0.3, 0.4) is 0 Å². The van der Waals surface area contributed by atoms with Gasteiger partial charge in [-0.15, -0.1) is 0 Å². The van der Waals surface area contributed by atoms with E-state index in [4.69, 9.17) is 22.2 Å². The largest absolute Gasteiger partial charge is 0.497 e. The standard InChI is InChI=1S/C20H20ClN5O5/c1-10-7-12(21)8-14-16(10)23-19(29)20(14,30)9-15(25-26-18(28)17(27)24-22)11-3-5-13(31-2)6-4-11/h3-8,30H,9,22H2,1-2H3,(H,23,29)(H,24,27)(H,26,28)/b25-15+. The maximum atomic E-state index is 12.7. The molecule has 3 rings (SSSR count). The molecule has 1 aliphatic rings. The number of aliphatic hydroxyl groups is 1. The van der Waals surface area contributed by atoms with Gasteiger partial charge in [0.05, 0.1) is 18.5 Å². The van der Waals surface area contributed by atoms with Gasteiger partial charge in [-0.2, -0.15) is 5.10 Å². The highest BCUT2D eigenvalue weighted by Gasteiger charge is 2.47. The first kappa shape index (κ1) is 22.2. The van der Waals surface area contributed by atoms with Crippen LogP contribution in [0.25, 0.3) is 0 Å². The lowest BCUT2D eigenvalue weighted by Crippen LogP contribution is -2.42. The van der Waals surface area contributed by atoms with Crippen LogP contribution in [0.15, 0.2) is 41.5 Å². The molecule has 2 aromatic carbocycles. The van der Waals surface area contributed by atoms with E-state index in [1.807, 2.05) is 0 Å². The van der Waals surface area contributed by atoms with Gasteiger partial charge in [0.15, 0.2) is 5.60 Å². The zero-order valence-corrected chi connectivity index (χ0v) is 17.4. The van der Waals surface area contributed by atoms with E-state index in [9.17, 15) is 19.5 Å². The minimum Gasteiger partial charge on any atom is -0.497 e. The second kappa shape index (κ2) is 8.72. The fourth-order valence-electron chi connectivity index (χ4n) is 3.22. The molecule has 0 saturated heterocycles. The van der Waals surface area contributed by atoms with Gasteiger partial charge in [0.1, 0.15) is 5.75 Å².